The number of ether oxygens (including phenoxy) is 2. The molecule has 0 saturated carbocycles. The Morgan fingerprint density at radius 1 is 0.947 bits per heavy atom. The first-order chi connectivity index (χ1) is 36.1. The number of piperidine rings is 1. The summed E-state index contributed by atoms with van der Waals surface area (Å²) in [5, 5.41) is 5.64. The van der Waals surface area contributed by atoms with Crippen LogP contribution >= 0.6 is 18.9 Å². The minimum absolute atomic E-state index is 0.107. The van der Waals surface area contributed by atoms with Crippen molar-refractivity contribution in [2.24, 2.45) is 17.9 Å². The topological polar surface area (TPSA) is 242 Å². The molecule has 5 saturated heterocycles. The van der Waals surface area contributed by atoms with Crippen LogP contribution in [-0.4, -0.2) is 151 Å². The Morgan fingerprint density at radius 3 is 2.43 bits per heavy atom. The summed E-state index contributed by atoms with van der Waals surface area (Å²) in [5.74, 6) is -5.08. The number of amides is 6. The molecule has 10 rings (SSSR count). The SMILES string of the molecule is Cn1c(=O)n(C2CCC(=O)NC2=O)c2ccc(CN3CC4(CCN(C(=O)CO[C@@H]5CCN(C(=O)[C@@H](NC(=O)c6cc7cc([C@@H](F)P(=O)(O)O)ccc7s6)C(C)(C)C)[C@@H]5C(=O)N5CCO[C@H](c6ccccc6)C5)C4)C3)cc21. The molecule has 5 aliphatic heterocycles. The molecule has 4 N–H and O–H groups in total. The fourth-order valence-electron chi connectivity index (χ4n) is 11.6. The van der Waals surface area contributed by atoms with Crippen LogP contribution in [0.4, 0.5) is 4.39 Å². The molecule has 1 spiro atoms. The van der Waals surface area contributed by atoms with Gasteiger partial charge in [0.05, 0.1) is 35.2 Å². The van der Waals surface area contributed by atoms with E-state index in [1.165, 1.54) is 38.3 Å². The standard InChI is InChI=1S/C53H62FN8O12PS/c1-52(2,3)45(56-48(66)41-24-34-23-33(11-14-40(34)76-41)46(54)75(70,71)72)50(68)61-18-16-38(44(61)49(67)59-20-21-73-39(26-59)32-8-6-5-7-9-32)74-27-43(64)60-19-17-53(30-60)28-58(29-53)25-31-10-12-35-37(22-31)57(4)51(69)62(35)36-13-15-42(63)55-47(36)65/h5-12,14,22-24,36,38-39,44-46H,13,15-21,25-30H2,1-4H3,(H,56,66)(H,55,63,65)(H2,70,71,72)/t36?,38-,39+,44+,45-,46+/m1/s1. The lowest BCUT2D eigenvalue weighted by molar-refractivity contribution is -0.156. The number of morpholine rings is 1. The van der Waals surface area contributed by atoms with Crippen LogP contribution in [0, 0.1) is 10.8 Å². The van der Waals surface area contributed by atoms with Gasteiger partial charge in [-0.05, 0) is 77.1 Å². The van der Waals surface area contributed by atoms with Crippen LogP contribution in [0.3, 0.4) is 0 Å². The maximum absolute atomic E-state index is 15.0. The number of thiophene rings is 1. The smallest absolute Gasteiger partial charge is 0.363 e. The van der Waals surface area contributed by atoms with Crippen molar-refractivity contribution >= 4 is 75.5 Å². The lowest BCUT2D eigenvalue weighted by Gasteiger charge is -2.48. The second kappa shape index (κ2) is 20.7. The van der Waals surface area contributed by atoms with E-state index < -0.39 is 67.0 Å². The summed E-state index contributed by atoms with van der Waals surface area (Å²) >= 11 is 1.07. The van der Waals surface area contributed by atoms with Gasteiger partial charge in [0.15, 0.2) is 0 Å². The van der Waals surface area contributed by atoms with E-state index >= 15 is 0 Å². The molecule has 76 heavy (non-hydrogen) atoms. The lowest BCUT2D eigenvalue weighted by Crippen LogP contribution is -2.60. The van der Waals surface area contributed by atoms with Crippen molar-refractivity contribution in [1.29, 1.82) is 0 Å². The first-order valence-electron chi connectivity index (χ1n) is 25.5. The number of fused-ring (bicyclic) bond motifs is 2. The Balaban J connectivity index is 0.807. The highest BCUT2D eigenvalue weighted by Gasteiger charge is 2.51. The molecule has 5 aliphatic rings. The number of carbonyl (C=O) groups excluding carboxylic acids is 6. The predicted molar refractivity (Wildman–Crippen MR) is 278 cm³/mol. The third kappa shape index (κ3) is 10.5. The van der Waals surface area contributed by atoms with Crippen molar-refractivity contribution in [3.63, 3.8) is 0 Å². The summed E-state index contributed by atoms with van der Waals surface area (Å²) in [6.45, 7) is 9.08. The van der Waals surface area contributed by atoms with Crippen molar-refractivity contribution in [1.82, 2.24) is 39.4 Å². The number of benzene rings is 3. The van der Waals surface area contributed by atoms with Crippen LogP contribution in [0.2, 0.25) is 0 Å². The van der Waals surface area contributed by atoms with Gasteiger partial charge in [0.1, 0.15) is 30.8 Å². The average Bonchev–Trinajstić information content (AvgIpc) is 4.19. The van der Waals surface area contributed by atoms with Crippen molar-refractivity contribution in [2.45, 2.75) is 89.2 Å². The van der Waals surface area contributed by atoms with Crippen molar-refractivity contribution in [3.8, 4) is 0 Å². The quantitative estimate of drug-likeness (QED) is 0.0959. The summed E-state index contributed by atoms with van der Waals surface area (Å²) in [6.07, 6.45) is 0.175. The van der Waals surface area contributed by atoms with E-state index in [9.17, 15) is 52.3 Å². The van der Waals surface area contributed by atoms with Crippen LogP contribution in [0.25, 0.3) is 21.1 Å². The first kappa shape index (κ1) is 53.3. The Labute approximate surface area is 441 Å². The third-order valence-corrected chi connectivity index (χ3v) is 17.6. The van der Waals surface area contributed by atoms with E-state index in [0.717, 1.165) is 42.0 Å². The predicted octanol–water partition coefficient (Wildman–Crippen LogP) is 4.14. The summed E-state index contributed by atoms with van der Waals surface area (Å²) in [6, 6.07) is 17.7. The first-order valence-corrected chi connectivity index (χ1v) is 28.0. The molecule has 1 unspecified atom stereocenters. The van der Waals surface area contributed by atoms with Crippen LogP contribution in [0.5, 0.6) is 0 Å². The number of likely N-dealkylation sites (tertiary alicyclic amines) is 3. The molecule has 3 aromatic carbocycles. The fraction of sp³-hybridized carbons (Fsp3) is 0.491. The van der Waals surface area contributed by atoms with Crippen LogP contribution in [0.1, 0.15) is 90.9 Å². The van der Waals surface area contributed by atoms with Crippen LogP contribution in [-0.2, 0) is 51.6 Å². The number of hydrogen-bond acceptors (Lipinski definition) is 12. The largest absolute Gasteiger partial charge is 0.370 e. The number of carbonyl (C=O) groups is 6. The maximum atomic E-state index is 15.0. The van der Waals surface area contributed by atoms with Gasteiger partial charge >= 0.3 is 13.3 Å². The maximum Gasteiger partial charge on any atom is 0.363 e. The molecular weight excluding hydrogens is 1020 g/mol. The van der Waals surface area contributed by atoms with Gasteiger partial charge in [0.25, 0.3) is 5.91 Å². The molecule has 404 valence electrons. The molecule has 6 atom stereocenters. The number of halogens is 1. The summed E-state index contributed by atoms with van der Waals surface area (Å²) < 4.78 is 42.3. The Hall–Kier alpha value is -6.13. The molecule has 5 fully saturated rings. The molecule has 0 radical (unpaired) electrons. The Bertz CT molecular complexity index is 3240. The highest BCUT2D eigenvalue weighted by molar-refractivity contribution is 7.51. The van der Waals surface area contributed by atoms with Gasteiger partial charge < -0.3 is 39.3 Å². The highest BCUT2D eigenvalue weighted by Crippen LogP contribution is 2.53. The second-order valence-corrected chi connectivity index (χ2v) is 24.7. The highest BCUT2D eigenvalue weighted by atomic mass is 32.1. The van der Waals surface area contributed by atoms with E-state index in [4.69, 9.17) is 9.47 Å². The molecule has 23 heteroatoms. The zero-order chi connectivity index (χ0) is 54.0. The van der Waals surface area contributed by atoms with E-state index in [1.807, 2.05) is 48.5 Å². The van der Waals surface area contributed by atoms with Gasteiger partial charge in [-0.2, -0.15) is 0 Å². The average molecular weight is 1090 g/mol. The number of imidazole rings is 1. The zero-order valence-electron chi connectivity index (χ0n) is 42.7. The minimum Gasteiger partial charge on any atom is -0.370 e. The number of aryl methyl sites for hydroxylation is 1. The van der Waals surface area contributed by atoms with Gasteiger partial charge in [-0.25, -0.2) is 9.18 Å². The number of nitrogens with zero attached hydrogens (tertiary/aromatic N) is 6. The Kier molecular flexibility index (Phi) is 14.5. The van der Waals surface area contributed by atoms with Crippen LogP contribution < -0.4 is 16.3 Å². The van der Waals surface area contributed by atoms with E-state index in [0.29, 0.717) is 40.8 Å². The summed E-state index contributed by atoms with van der Waals surface area (Å²) in [4.78, 5) is 122. The van der Waals surface area contributed by atoms with Crippen molar-refractivity contribution in [3.05, 3.63) is 105 Å². The molecule has 7 heterocycles. The summed E-state index contributed by atoms with van der Waals surface area (Å²) in [5.41, 5.74) is 1.64. The third-order valence-electron chi connectivity index (χ3n) is 15.6. The number of alkyl halides is 1. The Morgan fingerprint density at radius 2 is 1.71 bits per heavy atom. The van der Waals surface area contributed by atoms with Gasteiger partial charge in [-0.1, -0.05) is 63.2 Å². The molecule has 0 bridgehead atoms. The summed E-state index contributed by atoms with van der Waals surface area (Å²) in [7, 11) is -3.41. The zero-order valence-corrected chi connectivity index (χ0v) is 44.4. The van der Waals surface area contributed by atoms with Gasteiger partial charge in [0.2, 0.25) is 35.4 Å². The second-order valence-electron chi connectivity index (χ2n) is 22.0. The van der Waals surface area contributed by atoms with Crippen LogP contribution in [0.15, 0.2) is 77.6 Å². The normalized spacial score (nSPS) is 23.0. The van der Waals surface area contributed by atoms with Gasteiger partial charge in [-0.15, -0.1) is 11.3 Å². The molecule has 0 aliphatic carbocycles. The number of aromatic nitrogens is 2. The van der Waals surface area contributed by atoms with E-state index in [-0.39, 0.29) is 91.4 Å². The minimum atomic E-state index is -5.08. The molecule has 6 amide bonds. The van der Waals surface area contributed by atoms with Gasteiger partial charge in [-0.3, -0.25) is 52.7 Å². The number of rotatable bonds is 13. The van der Waals surface area contributed by atoms with Crippen molar-refractivity contribution < 1.29 is 57.0 Å². The molecule has 2 aromatic heterocycles. The number of imide groups is 1. The molecule has 20 nitrogen and oxygen atoms in total. The monoisotopic (exact) mass is 1080 g/mol. The van der Waals surface area contributed by atoms with E-state index in [1.54, 1.807) is 37.6 Å². The van der Waals surface area contributed by atoms with Crippen molar-refractivity contribution in [2.75, 3.05) is 59.0 Å². The molecule has 5 aromatic rings. The van der Waals surface area contributed by atoms with E-state index in [2.05, 4.69) is 15.5 Å². The number of nitrogens with one attached hydrogen (secondary N) is 2. The molecular formula is C53H62FN8O12PS. The number of hydrogen-bond donors (Lipinski definition) is 4. The van der Waals surface area contributed by atoms with Gasteiger partial charge in [0, 0.05) is 69.4 Å². The fourth-order valence-corrected chi connectivity index (χ4v) is 13.1. The lowest BCUT2D eigenvalue weighted by atomic mass is 9.79.